The van der Waals surface area contributed by atoms with E-state index in [1.165, 1.54) is 5.56 Å². The summed E-state index contributed by atoms with van der Waals surface area (Å²) in [5.74, 6) is 1.74. The lowest BCUT2D eigenvalue weighted by Gasteiger charge is -2.17. The fourth-order valence-electron chi connectivity index (χ4n) is 3.13. The van der Waals surface area contributed by atoms with E-state index >= 15 is 0 Å². The van der Waals surface area contributed by atoms with Crippen LogP contribution in [0.3, 0.4) is 0 Å². The minimum atomic E-state index is 0. The number of ether oxygens (including phenoxy) is 1. The van der Waals surface area contributed by atoms with Crippen molar-refractivity contribution in [1.82, 2.24) is 15.5 Å². The number of guanidine groups is 1. The fourth-order valence-corrected chi connectivity index (χ4v) is 3.13. The molecule has 1 fully saturated rings. The van der Waals surface area contributed by atoms with Crippen LogP contribution < -0.4 is 15.4 Å². The maximum absolute atomic E-state index is 12.1. The molecule has 1 saturated heterocycles. The number of para-hydroxylation sites is 1. The molecule has 1 amide bonds. The number of nitrogens with zero attached hydrogens (tertiary/aromatic N) is 2. The number of hydrogen-bond acceptors (Lipinski definition) is 3. The molecule has 1 unspecified atom stereocenters. The summed E-state index contributed by atoms with van der Waals surface area (Å²) in [6, 6.07) is 8.13. The smallest absolute Gasteiger partial charge is 0.244 e. The van der Waals surface area contributed by atoms with Crippen molar-refractivity contribution in [2.45, 2.75) is 32.3 Å². The largest absolute Gasteiger partial charge is 0.488 e. The molecule has 2 aliphatic heterocycles. The number of carbonyl (C=O) groups is 1. The second-order valence-corrected chi connectivity index (χ2v) is 6.22. The second-order valence-electron chi connectivity index (χ2n) is 6.22. The van der Waals surface area contributed by atoms with E-state index in [1.807, 2.05) is 30.0 Å². The molecule has 0 spiro atoms. The third kappa shape index (κ3) is 5.49. The molecule has 2 heterocycles. The van der Waals surface area contributed by atoms with E-state index in [1.54, 1.807) is 0 Å². The van der Waals surface area contributed by atoms with E-state index in [4.69, 9.17) is 4.74 Å². The molecule has 2 aliphatic rings. The van der Waals surface area contributed by atoms with Gasteiger partial charge in [-0.3, -0.25) is 4.79 Å². The van der Waals surface area contributed by atoms with Gasteiger partial charge in [-0.25, -0.2) is 4.99 Å². The highest BCUT2D eigenvalue weighted by molar-refractivity contribution is 14.0. The molecule has 25 heavy (non-hydrogen) atoms. The third-order valence-electron chi connectivity index (χ3n) is 4.39. The molecule has 1 aromatic carbocycles. The van der Waals surface area contributed by atoms with E-state index in [-0.39, 0.29) is 42.5 Å². The number of likely N-dealkylation sites (tertiary alicyclic amines) is 1. The van der Waals surface area contributed by atoms with Crippen molar-refractivity contribution in [3.05, 3.63) is 29.8 Å². The van der Waals surface area contributed by atoms with Gasteiger partial charge in [-0.2, -0.15) is 0 Å². The van der Waals surface area contributed by atoms with Crippen LogP contribution in [0, 0.1) is 0 Å². The van der Waals surface area contributed by atoms with E-state index in [0.29, 0.717) is 12.5 Å². The SMILES string of the molecule is CCNC(=NCC(=O)N1CCCC1)NCC1Cc2ccccc2O1.I. The van der Waals surface area contributed by atoms with E-state index < -0.39 is 0 Å². The van der Waals surface area contributed by atoms with Crippen molar-refractivity contribution in [3.63, 3.8) is 0 Å². The highest BCUT2D eigenvalue weighted by Gasteiger charge is 2.22. The Kier molecular flexibility index (Phi) is 7.80. The van der Waals surface area contributed by atoms with Crippen LogP contribution in [0.15, 0.2) is 29.3 Å². The molecule has 7 heteroatoms. The van der Waals surface area contributed by atoms with E-state index in [9.17, 15) is 4.79 Å². The highest BCUT2D eigenvalue weighted by atomic mass is 127. The van der Waals surface area contributed by atoms with Gasteiger partial charge in [-0.05, 0) is 31.4 Å². The number of aliphatic imine (C=N–C) groups is 1. The van der Waals surface area contributed by atoms with Gasteiger partial charge >= 0.3 is 0 Å². The van der Waals surface area contributed by atoms with Crippen LogP contribution in [-0.4, -0.2) is 55.6 Å². The summed E-state index contributed by atoms with van der Waals surface area (Å²) in [5.41, 5.74) is 1.25. The monoisotopic (exact) mass is 458 g/mol. The summed E-state index contributed by atoms with van der Waals surface area (Å²) < 4.78 is 5.92. The Labute approximate surface area is 166 Å². The first-order valence-electron chi connectivity index (χ1n) is 8.81. The lowest BCUT2D eigenvalue weighted by Crippen LogP contribution is -2.43. The Morgan fingerprint density at radius 1 is 1.28 bits per heavy atom. The quantitative estimate of drug-likeness (QED) is 0.401. The molecule has 0 bridgehead atoms. The van der Waals surface area contributed by atoms with E-state index in [0.717, 1.165) is 44.6 Å². The Bertz CT molecular complexity index is 577. The molecule has 3 rings (SSSR count). The van der Waals surface area contributed by atoms with Crippen molar-refractivity contribution >= 4 is 35.8 Å². The summed E-state index contributed by atoms with van der Waals surface area (Å²) in [6.07, 6.45) is 3.20. The summed E-state index contributed by atoms with van der Waals surface area (Å²) in [5, 5.41) is 6.47. The lowest BCUT2D eigenvalue weighted by molar-refractivity contribution is -0.128. The normalized spacial score (nSPS) is 19.0. The Morgan fingerprint density at radius 2 is 2.04 bits per heavy atom. The molecule has 6 nitrogen and oxygen atoms in total. The highest BCUT2D eigenvalue weighted by Crippen LogP contribution is 2.27. The molecule has 1 atom stereocenters. The minimum absolute atomic E-state index is 0. The van der Waals surface area contributed by atoms with Crippen LogP contribution >= 0.6 is 24.0 Å². The summed E-state index contributed by atoms with van der Waals surface area (Å²) >= 11 is 0. The van der Waals surface area contributed by atoms with Gasteiger partial charge in [0.25, 0.3) is 0 Å². The van der Waals surface area contributed by atoms with Gasteiger partial charge in [0, 0.05) is 26.1 Å². The van der Waals surface area contributed by atoms with E-state index in [2.05, 4.69) is 21.7 Å². The van der Waals surface area contributed by atoms with Crippen LogP contribution in [0.1, 0.15) is 25.3 Å². The summed E-state index contributed by atoms with van der Waals surface area (Å²) in [4.78, 5) is 18.4. The van der Waals surface area contributed by atoms with Crippen molar-refractivity contribution < 1.29 is 9.53 Å². The lowest BCUT2D eigenvalue weighted by atomic mass is 10.1. The number of fused-ring (bicyclic) bond motifs is 1. The molecule has 0 radical (unpaired) electrons. The van der Waals surface area contributed by atoms with Gasteiger partial charge in [0.05, 0.1) is 6.54 Å². The molecule has 0 aliphatic carbocycles. The molecule has 2 N–H and O–H groups in total. The van der Waals surface area contributed by atoms with Crippen LogP contribution in [0.2, 0.25) is 0 Å². The van der Waals surface area contributed by atoms with Crippen LogP contribution in [0.5, 0.6) is 5.75 Å². The number of carbonyl (C=O) groups excluding carboxylic acids is 1. The zero-order valence-electron chi connectivity index (χ0n) is 14.7. The first kappa shape index (κ1) is 19.8. The molecular formula is C18H27IN4O2. The summed E-state index contributed by atoms with van der Waals surface area (Å²) in [6.45, 7) is 5.37. The van der Waals surface area contributed by atoms with Gasteiger partial charge in [-0.15, -0.1) is 24.0 Å². The topological polar surface area (TPSA) is 66.0 Å². The molecule has 138 valence electrons. The number of rotatable bonds is 5. The Morgan fingerprint density at radius 3 is 2.76 bits per heavy atom. The van der Waals surface area contributed by atoms with Crippen molar-refractivity contribution in [2.75, 3.05) is 32.7 Å². The zero-order valence-corrected chi connectivity index (χ0v) is 17.0. The number of halogens is 1. The number of benzene rings is 1. The fraction of sp³-hybridized carbons (Fsp3) is 0.556. The van der Waals surface area contributed by atoms with Crippen molar-refractivity contribution in [1.29, 1.82) is 0 Å². The summed E-state index contributed by atoms with van der Waals surface area (Å²) in [7, 11) is 0. The predicted octanol–water partition coefficient (Wildman–Crippen LogP) is 1.79. The Balaban J connectivity index is 0.00000225. The maximum Gasteiger partial charge on any atom is 0.244 e. The van der Waals surface area contributed by atoms with Gasteiger partial charge in [0.2, 0.25) is 5.91 Å². The molecule has 1 aromatic rings. The average molecular weight is 458 g/mol. The van der Waals surface area contributed by atoms with Gasteiger partial charge in [0.15, 0.2) is 5.96 Å². The maximum atomic E-state index is 12.1. The van der Waals surface area contributed by atoms with Gasteiger partial charge in [-0.1, -0.05) is 18.2 Å². The molecule has 0 saturated carbocycles. The minimum Gasteiger partial charge on any atom is -0.488 e. The van der Waals surface area contributed by atoms with Crippen LogP contribution in [0.4, 0.5) is 0 Å². The molecule has 0 aromatic heterocycles. The Hall–Kier alpha value is -1.51. The van der Waals surface area contributed by atoms with Gasteiger partial charge in [0.1, 0.15) is 18.4 Å². The first-order valence-corrected chi connectivity index (χ1v) is 8.81. The van der Waals surface area contributed by atoms with Gasteiger partial charge < -0.3 is 20.3 Å². The van der Waals surface area contributed by atoms with Crippen LogP contribution in [-0.2, 0) is 11.2 Å². The van der Waals surface area contributed by atoms with Crippen molar-refractivity contribution in [3.8, 4) is 5.75 Å². The first-order chi connectivity index (χ1) is 11.8. The standard InChI is InChI=1S/C18H26N4O2.HI/c1-2-19-18(21-13-17(23)22-9-5-6-10-22)20-12-15-11-14-7-3-4-8-16(14)24-15;/h3-4,7-8,15H,2,5-6,9-13H2,1H3,(H2,19,20,21);1H. The third-order valence-corrected chi connectivity index (χ3v) is 4.39. The van der Waals surface area contributed by atoms with Crippen molar-refractivity contribution in [2.24, 2.45) is 4.99 Å². The second kappa shape index (κ2) is 9.84. The number of amides is 1. The molecular weight excluding hydrogens is 431 g/mol. The zero-order chi connectivity index (χ0) is 16.8. The number of hydrogen-bond donors (Lipinski definition) is 2. The predicted molar refractivity (Wildman–Crippen MR) is 110 cm³/mol. The number of nitrogens with one attached hydrogen (secondary N) is 2. The average Bonchev–Trinajstić information content (AvgIpc) is 3.26. The van der Waals surface area contributed by atoms with Crippen LogP contribution in [0.25, 0.3) is 0 Å².